The number of hydrogen-bond acceptors (Lipinski definition) is 5. The normalized spacial score (nSPS) is 21.7. The van der Waals surface area contributed by atoms with E-state index in [0.717, 1.165) is 59.7 Å². The Kier molecular flexibility index (Phi) is 5.76. The summed E-state index contributed by atoms with van der Waals surface area (Å²) in [5.74, 6) is 2.62. The first-order chi connectivity index (χ1) is 20.4. The zero-order valence-electron chi connectivity index (χ0n) is 24.5. The van der Waals surface area contributed by atoms with Crippen molar-refractivity contribution < 1.29 is 9.53 Å². The molecule has 3 atom stereocenters. The van der Waals surface area contributed by atoms with Crippen molar-refractivity contribution >= 4 is 27.8 Å². The molecule has 2 bridgehead atoms. The predicted molar refractivity (Wildman–Crippen MR) is 163 cm³/mol. The smallest absolute Gasteiger partial charge is 0.254 e. The van der Waals surface area contributed by atoms with Gasteiger partial charge in [-0.05, 0) is 68.7 Å². The van der Waals surface area contributed by atoms with Crippen LogP contribution in [0.2, 0.25) is 0 Å². The second-order valence-corrected chi connectivity index (χ2v) is 12.6. The number of imidazole rings is 1. The highest BCUT2D eigenvalue weighted by atomic mass is 16.5. The number of carbonyl (C=O) groups is 1. The lowest BCUT2D eigenvalue weighted by Crippen LogP contribution is -2.41. The molecule has 2 aliphatic carbocycles. The van der Waals surface area contributed by atoms with Crippen LogP contribution in [-0.4, -0.2) is 60.4 Å². The van der Waals surface area contributed by atoms with Crippen molar-refractivity contribution in [3.05, 3.63) is 65.5 Å². The number of amides is 1. The maximum Gasteiger partial charge on any atom is 0.254 e. The van der Waals surface area contributed by atoms with Crippen LogP contribution in [0.15, 0.2) is 48.7 Å². The van der Waals surface area contributed by atoms with E-state index in [1.807, 2.05) is 35.7 Å². The van der Waals surface area contributed by atoms with Crippen molar-refractivity contribution in [2.24, 2.45) is 24.6 Å². The van der Waals surface area contributed by atoms with E-state index >= 15 is 0 Å². The zero-order valence-corrected chi connectivity index (χ0v) is 24.5. The summed E-state index contributed by atoms with van der Waals surface area (Å²) in [4.78, 5) is 21.1. The fraction of sp³-hybridized carbons (Fsp3) is 0.424. The van der Waals surface area contributed by atoms with Gasteiger partial charge in [-0.2, -0.15) is 5.10 Å². The molecule has 0 spiro atoms. The highest BCUT2D eigenvalue weighted by Crippen LogP contribution is 2.41. The van der Waals surface area contributed by atoms with Crippen molar-refractivity contribution in [1.82, 2.24) is 28.8 Å². The van der Waals surface area contributed by atoms with E-state index in [-0.39, 0.29) is 18.0 Å². The Bertz CT molecular complexity index is 1860. The van der Waals surface area contributed by atoms with E-state index in [4.69, 9.17) is 15.5 Å². The van der Waals surface area contributed by atoms with E-state index in [1.54, 1.807) is 7.11 Å². The third kappa shape index (κ3) is 3.97. The standard InChI is InChI=1S/C33H37N7O2/c1-19-24(16-37(2)36-19)18-40-31-25(12-23(14-29(31)42-3)33(41)39-17-22-10-11-27(39)30(22)34)35-32(40)28-13-21-6-4-5-7-26(21)38(28)15-20-8-9-20/h4-7,12-14,16,20,22,27,30H,8-11,15,17-18,34H2,1-3H3. The Balaban J connectivity index is 1.32. The Morgan fingerprint density at radius 1 is 1.10 bits per heavy atom. The van der Waals surface area contributed by atoms with Crippen molar-refractivity contribution in [3.63, 3.8) is 0 Å². The Morgan fingerprint density at radius 3 is 2.62 bits per heavy atom. The van der Waals surface area contributed by atoms with Gasteiger partial charge in [0.2, 0.25) is 0 Å². The van der Waals surface area contributed by atoms with E-state index in [9.17, 15) is 4.79 Å². The quantitative estimate of drug-likeness (QED) is 0.309. The van der Waals surface area contributed by atoms with Gasteiger partial charge in [0.15, 0.2) is 5.82 Å². The molecule has 4 heterocycles. The number of nitrogens with zero attached hydrogens (tertiary/aromatic N) is 6. The average molecular weight is 564 g/mol. The highest BCUT2D eigenvalue weighted by molar-refractivity contribution is 6.00. The molecule has 2 saturated carbocycles. The monoisotopic (exact) mass is 563 g/mol. The third-order valence-electron chi connectivity index (χ3n) is 9.81. The molecule has 3 aliphatic rings. The number of aromatic nitrogens is 5. The molecule has 42 heavy (non-hydrogen) atoms. The minimum atomic E-state index is 0.0138. The minimum absolute atomic E-state index is 0.0138. The average Bonchev–Trinajstić information content (AvgIpc) is 3.19. The molecule has 9 nitrogen and oxygen atoms in total. The van der Waals surface area contributed by atoms with E-state index in [0.29, 0.717) is 29.7 Å². The maximum absolute atomic E-state index is 13.9. The first kappa shape index (κ1) is 25.6. The number of methoxy groups -OCH3 is 1. The summed E-state index contributed by atoms with van der Waals surface area (Å²) >= 11 is 0. The molecule has 5 aromatic rings. The van der Waals surface area contributed by atoms with Crippen LogP contribution in [0.1, 0.15) is 47.3 Å². The molecule has 0 radical (unpaired) electrons. The minimum Gasteiger partial charge on any atom is -0.494 e. The number of piperidine rings is 1. The molecule has 8 rings (SSSR count). The number of aryl methyl sites for hydroxylation is 2. The molecule has 1 amide bonds. The third-order valence-corrected chi connectivity index (χ3v) is 9.81. The van der Waals surface area contributed by atoms with Gasteiger partial charge in [-0.25, -0.2) is 4.98 Å². The molecule has 1 aliphatic heterocycles. The lowest BCUT2D eigenvalue weighted by atomic mass is 10.1. The lowest BCUT2D eigenvalue weighted by molar-refractivity contribution is 0.0700. The summed E-state index contributed by atoms with van der Waals surface area (Å²) in [6, 6.07) is 14.8. The van der Waals surface area contributed by atoms with E-state index < -0.39 is 0 Å². The van der Waals surface area contributed by atoms with Crippen LogP contribution < -0.4 is 10.5 Å². The van der Waals surface area contributed by atoms with Crippen molar-refractivity contribution in [1.29, 1.82) is 0 Å². The van der Waals surface area contributed by atoms with E-state index in [2.05, 4.69) is 50.8 Å². The van der Waals surface area contributed by atoms with Crippen molar-refractivity contribution in [3.8, 4) is 17.3 Å². The predicted octanol–water partition coefficient (Wildman–Crippen LogP) is 4.73. The second kappa shape index (κ2) is 9.46. The SMILES string of the molecule is COc1cc(C(=O)N2CC3CCC2C3N)cc2nc(-c3cc4ccccc4n3CC3CC3)n(Cc3cn(C)nc3C)c12. The number of fused-ring (bicyclic) bond motifs is 4. The number of rotatable bonds is 7. The first-order valence-electron chi connectivity index (χ1n) is 15.1. The molecule has 1 saturated heterocycles. The fourth-order valence-corrected chi connectivity index (χ4v) is 7.43. The lowest BCUT2D eigenvalue weighted by Gasteiger charge is -2.27. The molecule has 2 N–H and O–H groups in total. The number of benzene rings is 2. The summed E-state index contributed by atoms with van der Waals surface area (Å²) in [5.41, 5.74) is 13.1. The number of nitrogens with two attached hydrogens (primary N) is 1. The van der Waals surface area contributed by atoms with Crippen LogP contribution in [-0.2, 0) is 20.1 Å². The number of likely N-dealkylation sites (tertiary alicyclic amines) is 1. The Morgan fingerprint density at radius 2 is 1.93 bits per heavy atom. The number of ether oxygens (including phenoxy) is 1. The van der Waals surface area contributed by atoms with Crippen LogP contribution >= 0.6 is 0 Å². The maximum atomic E-state index is 13.9. The molecular weight excluding hydrogens is 526 g/mol. The molecule has 3 unspecified atom stereocenters. The van der Waals surface area contributed by atoms with Gasteiger partial charge in [-0.15, -0.1) is 0 Å². The van der Waals surface area contributed by atoms with E-state index in [1.165, 1.54) is 23.7 Å². The van der Waals surface area contributed by atoms with Gasteiger partial charge in [0.05, 0.1) is 30.6 Å². The molecule has 3 fully saturated rings. The Hall–Kier alpha value is -4.11. The van der Waals surface area contributed by atoms with Crippen LogP contribution in [0, 0.1) is 18.8 Å². The van der Waals surface area contributed by atoms with Gasteiger partial charge in [-0.1, -0.05) is 18.2 Å². The van der Waals surface area contributed by atoms with Gasteiger partial charge >= 0.3 is 0 Å². The summed E-state index contributed by atoms with van der Waals surface area (Å²) < 4.78 is 12.5. The van der Waals surface area contributed by atoms with Gasteiger partial charge < -0.3 is 24.5 Å². The molecule has 9 heteroatoms. The van der Waals surface area contributed by atoms with Crippen LogP contribution in [0.3, 0.4) is 0 Å². The summed E-state index contributed by atoms with van der Waals surface area (Å²) in [7, 11) is 3.62. The van der Waals surface area contributed by atoms with Gasteiger partial charge in [0.1, 0.15) is 11.3 Å². The largest absolute Gasteiger partial charge is 0.494 e. The molecule has 216 valence electrons. The number of hydrogen-bond donors (Lipinski definition) is 1. The van der Waals surface area contributed by atoms with Gasteiger partial charge in [0.25, 0.3) is 5.91 Å². The topological polar surface area (TPSA) is 96.1 Å². The Labute approximate surface area is 244 Å². The highest BCUT2D eigenvalue weighted by Gasteiger charge is 2.47. The summed E-state index contributed by atoms with van der Waals surface area (Å²) in [6.45, 7) is 4.33. The molecular formula is C33H37N7O2. The van der Waals surface area contributed by atoms with Crippen molar-refractivity contribution in [2.75, 3.05) is 13.7 Å². The fourth-order valence-electron chi connectivity index (χ4n) is 7.43. The van der Waals surface area contributed by atoms with Gasteiger partial charge in [-0.3, -0.25) is 9.48 Å². The number of carbonyl (C=O) groups excluding carboxylic acids is 1. The zero-order chi connectivity index (χ0) is 28.7. The molecule has 2 aromatic carbocycles. The van der Waals surface area contributed by atoms with Crippen molar-refractivity contribution in [2.45, 2.75) is 57.8 Å². The van der Waals surface area contributed by atoms with Crippen LogP contribution in [0.4, 0.5) is 0 Å². The second-order valence-electron chi connectivity index (χ2n) is 12.6. The van der Waals surface area contributed by atoms with Gasteiger partial charge in [0, 0.05) is 60.4 Å². The van der Waals surface area contributed by atoms with Crippen LogP contribution in [0.5, 0.6) is 5.75 Å². The summed E-state index contributed by atoms with van der Waals surface area (Å²) in [6.07, 6.45) is 6.68. The first-order valence-corrected chi connectivity index (χ1v) is 15.1. The number of para-hydroxylation sites is 1. The summed E-state index contributed by atoms with van der Waals surface area (Å²) in [5, 5.41) is 5.81. The van der Waals surface area contributed by atoms with Crippen LogP contribution in [0.25, 0.3) is 33.5 Å². The molecule has 3 aromatic heterocycles.